The first-order chi connectivity index (χ1) is 9.26. The molecule has 0 aromatic carbocycles. The first-order valence-corrected chi connectivity index (χ1v) is 5.51. The monoisotopic (exact) mass is 267 g/mol. The summed E-state index contributed by atoms with van der Waals surface area (Å²) in [5.74, 6) is -0.164. The fraction of sp³-hybridized carbons (Fsp3) is 0.500. The lowest BCUT2D eigenvalue weighted by Crippen LogP contribution is -2.12. The number of nitrogens with zero attached hydrogens (tertiary/aromatic N) is 5. The largest absolute Gasteiger partial charge is 0.464 e. The summed E-state index contributed by atoms with van der Waals surface area (Å²) in [6.45, 7) is 0.671. The molecule has 0 radical (unpaired) electrons. The molecule has 0 spiro atoms. The molecule has 0 saturated heterocycles. The van der Waals surface area contributed by atoms with E-state index in [0.29, 0.717) is 24.6 Å². The predicted octanol–water partition coefficient (Wildman–Crippen LogP) is -0.315. The van der Waals surface area contributed by atoms with Crippen LogP contribution in [0.2, 0.25) is 0 Å². The van der Waals surface area contributed by atoms with Crippen molar-refractivity contribution in [2.75, 3.05) is 20.8 Å². The number of rotatable bonds is 6. The molecule has 102 valence electrons. The van der Waals surface area contributed by atoms with Crippen LogP contribution < -0.4 is 0 Å². The first-order valence-electron chi connectivity index (χ1n) is 5.51. The molecule has 0 bridgehead atoms. The van der Waals surface area contributed by atoms with Crippen LogP contribution in [0.4, 0.5) is 0 Å². The number of hydrogen-bond donors (Lipinski definition) is 0. The van der Waals surface area contributed by atoms with E-state index < -0.39 is 5.97 Å². The van der Waals surface area contributed by atoms with Gasteiger partial charge in [-0.05, 0) is 0 Å². The van der Waals surface area contributed by atoms with Gasteiger partial charge in [0, 0.05) is 13.5 Å². The van der Waals surface area contributed by atoms with Gasteiger partial charge in [0.1, 0.15) is 6.54 Å². The summed E-state index contributed by atoms with van der Waals surface area (Å²) in [4.78, 5) is 15.5. The summed E-state index contributed by atoms with van der Waals surface area (Å²) in [7, 11) is 2.86. The second kappa shape index (κ2) is 6.05. The van der Waals surface area contributed by atoms with Crippen LogP contribution in [0, 0.1) is 0 Å². The van der Waals surface area contributed by atoms with E-state index in [9.17, 15) is 4.79 Å². The van der Waals surface area contributed by atoms with Crippen molar-refractivity contribution in [2.24, 2.45) is 0 Å². The minimum absolute atomic E-state index is 0.166. The highest BCUT2D eigenvalue weighted by molar-refractivity contribution is 5.88. The average molecular weight is 267 g/mol. The summed E-state index contributed by atoms with van der Waals surface area (Å²) >= 11 is 0. The molecule has 0 aliphatic carbocycles. The Morgan fingerprint density at radius 2 is 2.32 bits per heavy atom. The molecule has 0 amide bonds. The lowest BCUT2D eigenvalue weighted by molar-refractivity contribution is 0.0592. The van der Waals surface area contributed by atoms with E-state index in [2.05, 4.69) is 25.2 Å². The normalized spacial score (nSPS) is 10.6. The van der Waals surface area contributed by atoms with E-state index in [1.807, 2.05) is 0 Å². The van der Waals surface area contributed by atoms with Crippen molar-refractivity contribution in [3.63, 3.8) is 0 Å². The number of aromatic nitrogens is 5. The van der Waals surface area contributed by atoms with Crippen LogP contribution in [0.15, 0.2) is 10.9 Å². The lowest BCUT2D eigenvalue weighted by Gasteiger charge is -2.04. The molecule has 19 heavy (non-hydrogen) atoms. The Kier molecular flexibility index (Phi) is 4.18. The maximum atomic E-state index is 11.6. The van der Waals surface area contributed by atoms with Gasteiger partial charge < -0.3 is 14.0 Å². The number of ether oxygens (including phenoxy) is 2. The third-order valence-electron chi connectivity index (χ3n) is 2.45. The average Bonchev–Trinajstić information content (AvgIpc) is 3.06. The number of carbonyl (C=O) groups excluding carboxylic acids is 1. The Labute approximate surface area is 108 Å². The van der Waals surface area contributed by atoms with E-state index in [1.165, 1.54) is 18.1 Å². The van der Waals surface area contributed by atoms with Gasteiger partial charge >= 0.3 is 5.97 Å². The van der Waals surface area contributed by atoms with Crippen LogP contribution in [-0.2, 0) is 22.4 Å². The van der Waals surface area contributed by atoms with Gasteiger partial charge in [0.2, 0.25) is 5.89 Å². The Hall–Kier alpha value is -2.29. The van der Waals surface area contributed by atoms with Crippen LogP contribution >= 0.6 is 0 Å². The molecular weight excluding hydrogens is 254 g/mol. The van der Waals surface area contributed by atoms with E-state index in [4.69, 9.17) is 9.26 Å². The van der Waals surface area contributed by atoms with Crippen molar-refractivity contribution in [3.05, 3.63) is 23.6 Å². The molecule has 2 aromatic heterocycles. The molecule has 0 aliphatic rings. The minimum Gasteiger partial charge on any atom is -0.464 e. The fourth-order valence-corrected chi connectivity index (χ4v) is 1.55. The SMILES string of the molecule is COCCc1c(C(=O)OC)nnn1Cc1ncno1. The molecule has 0 fully saturated rings. The fourth-order valence-electron chi connectivity index (χ4n) is 1.55. The summed E-state index contributed by atoms with van der Waals surface area (Å²) in [5, 5.41) is 11.2. The zero-order valence-electron chi connectivity index (χ0n) is 10.6. The lowest BCUT2D eigenvalue weighted by atomic mass is 10.2. The minimum atomic E-state index is -0.539. The molecule has 0 N–H and O–H groups in total. The van der Waals surface area contributed by atoms with Crippen molar-refractivity contribution in [3.8, 4) is 0 Å². The highest BCUT2D eigenvalue weighted by atomic mass is 16.5. The number of hydrogen-bond acceptors (Lipinski definition) is 8. The van der Waals surface area contributed by atoms with Gasteiger partial charge in [-0.3, -0.25) is 0 Å². The Bertz CT molecular complexity index is 536. The molecular formula is C10H13N5O4. The third kappa shape index (κ3) is 2.94. The molecule has 0 aliphatic heterocycles. The second-order valence-electron chi connectivity index (χ2n) is 3.61. The zero-order valence-corrected chi connectivity index (χ0v) is 10.6. The van der Waals surface area contributed by atoms with E-state index >= 15 is 0 Å². The summed E-state index contributed by atoms with van der Waals surface area (Å²) in [6, 6.07) is 0. The first kappa shape index (κ1) is 13.1. The van der Waals surface area contributed by atoms with E-state index in [0.717, 1.165) is 0 Å². The van der Waals surface area contributed by atoms with Crippen LogP contribution in [-0.4, -0.2) is 51.9 Å². The van der Waals surface area contributed by atoms with Gasteiger partial charge in [-0.2, -0.15) is 4.98 Å². The zero-order chi connectivity index (χ0) is 13.7. The third-order valence-corrected chi connectivity index (χ3v) is 2.45. The van der Waals surface area contributed by atoms with Crippen LogP contribution in [0.3, 0.4) is 0 Å². The summed E-state index contributed by atoms with van der Waals surface area (Å²) < 4.78 is 16.1. The standard InChI is InChI=1S/C10H13N5O4/c1-17-4-3-7-9(10(16)18-2)13-14-15(7)5-8-11-6-12-19-8/h6H,3-5H2,1-2H3. The van der Waals surface area contributed by atoms with Gasteiger partial charge in [-0.1, -0.05) is 10.4 Å². The van der Waals surface area contributed by atoms with E-state index in [-0.39, 0.29) is 12.2 Å². The Balaban J connectivity index is 2.26. The molecule has 0 saturated carbocycles. The molecule has 2 rings (SSSR count). The quantitative estimate of drug-likeness (QED) is 0.656. The van der Waals surface area contributed by atoms with Crippen LogP contribution in [0.5, 0.6) is 0 Å². The number of carbonyl (C=O) groups is 1. The topological polar surface area (TPSA) is 105 Å². The smallest absolute Gasteiger partial charge is 0.360 e. The number of methoxy groups -OCH3 is 2. The molecule has 9 nitrogen and oxygen atoms in total. The number of esters is 1. The van der Waals surface area contributed by atoms with Crippen molar-refractivity contribution < 1.29 is 18.8 Å². The van der Waals surface area contributed by atoms with Crippen LogP contribution in [0.1, 0.15) is 22.1 Å². The van der Waals surface area contributed by atoms with Crippen molar-refractivity contribution in [1.82, 2.24) is 25.1 Å². The predicted molar refractivity (Wildman–Crippen MR) is 60.3 cm³/mol. The van der Waals surface area contributed by atoms with Crippen molar-refractivity contribution in [1.29, 1.82) is 0 Å². The van der Waals surface area contributed by atoms with Crippen LogP contribution in [0.25, 0.3) is 0 Å². The highest BCUT2D eigenvalue weighted by Crippen LogP contribution is 2.10. The summed E-state index contributed by atoms with van der Waals surface area (Å²) in [5.41, 5.74) is 0.769. The van der Waals surface area contributed by atoms with Gasteiger partial charge in [-0.25, -0.2) is 9.48 Å². The molecule has 0 atom stereocenters. The van der Waals surface area contributed by atoms with Crippen molar-refractivity contribution in [2.45, 2.75) is 13.0 Å². The highest BCUT2D eigenvalue weighted by Gasteiger charge is 2.20. The summed E-state index contributed by atoms with van der Waals surface area (Å²) in [6.07, 6.45) is 1.77. The molecule has 2 heterocycles. The molecule has 0 unspecified atom stereocenters. The van der Waals surface area contributed by atoms with Gasteiger partial charge in [0.05, 0.1) is 19.4 Å². The van der Waals surface area contributed by atoms with E-state index in [1.54, 1.807) is 7.11 Å². The van der Waals surface area contributed by atoms with Gasteiger partial charge in [-0.15, -0.1) is 5.10 Å². The Morgan fingerprint density at radius 1 is 1.47 bits per heavy atom. The Morgan fingerprint density at radius 3 is 2.95 bits per heavy atom. The van der Waals surface area contributed by atoms with Gasteiger partial charge in [0.15, 0.2) is 12.0 Å². The maximum absolute atomic E-state index is 11.6. The molecule has 2 aromatic rings. The molecule has 9 heteroatoms. The second-order valence-corrected chi connectivity index (χ2v) is 3.61. The van der Waals surface area contributed by atoms with Gasteiger partial charge in [0.25, 0.3) is 0 Å². The van der Waals surface area contributed by atoms with Crippen molar-refractivity contribution >= 4 is 5.97 Å². The maximum Gasteiger partial charge on any atom is 0.360 e.